The molecule has 2 atom stereocenters. The fourth-order valence-electron chi connectivity index (χ4n) is 0.204. The average molecular weight is 292 g/mol. The lowest BCUT2D eigenvalue weighted by atomic mass is 10.0. The zero-order chi connectivity index (χ0) is 16.3. The van der Waals surface area contributed by atoms with Crippen LogP contribution in [0.4, 0.5) is 0 Å². The van der Waals surface area contributed by atoms with Crippen molar-refractivity contribution in [3.05, 3.63) is 0 Å². The minimum absolute atomic E-state index is 0.389. The Bertz CT molecular complexity index is 380. The van der Waals surface area contributed by atoms with E-state index in [0.29, 0.717) is 0 Å². The van der Waals surface area contributed by atoms with Gasteiger partial charge >= 0.3 is 10.4 Å². The van der Waals surface area contributed by atoms with Crippen LogP contribution in [-0.4, -0.2) is 28.6 Å². The lowest BCUT2D eigenvalue weighted by Gasteiger charge is -2.12. The monoisotopic (exact) mass is 292 g/mol. The molecule has 7 heteroatoms. The van der Waals surface area contributed by atoms with Crippen LogP contribution in [0.1, 0.15) is 40.5 Å². The Morgan fingerprint density at radius 2 is 1.16 bits per heavy atom. The van der Waals surface area contributed by atoms with Crippen LogP contribution < -0.4 is 11.5 Å². The van der Waals surface area contributed by atoms with Gasteiger partial charge in [-0.2, -0.15) is 8.42 Å². The van der Waals surface area contributed by atoms with Crippen LogP contribution >= 0.6 is 0 Å². The van der Waals surface area contributed by atoms with Crippen LogP contribution in [0, 0.1) is 24.7 Å². The summed E-state index contributed by atoms with van der Waals surface area (Å²) in [5, 5.41) is 0. The maximum atomic E-state index is 8.74. The molecule has 0 aliphatic rings. The lowest BCUT2D eigenvalue weighted by Crippen LogP contribution is -2.32. The molecule has 112 valence electrons. The van der Waals surface area contributed by atoms with Crippen LogP contribution in [0.15, 0.2) is 0 Å². The molecule has 0 aliphatic heterocycles. The minimum atomic E-state index is -4.67. The van der Waals surface area contributed by atoms with Crippen LogP contribution in [-0.2, 0) is 10.4 Å². The molecule has 0 bridgehead atoms. The summed E-state index contributed by atoms with van der Waals surface area (Å²) in [6, 6.07) is 0. The summed E-state index contributed by atoms with van der Waals surface area (Å²) in [4.78, 5) is 0. The second-order valence-corrected chi connectivity index (χ2v) is 5.17. The molecule has 0 radical (unpaired) electrons. The van der Waals surface area contributed by atoms with Gasteiger partial charge in [0.25, 0.3) is 0 Å². The fourth-order valence-corrected chi connectivity index (χ4v) is 0.204. The standard InChI is InChI=1S/2C6H11N.H2O4S/c2*1-4-6(3,7)5-2;1-5(2,3)4/h2*1H,5,7H2,2-3H3;(H2,1,2,3,4). The summed E-state index contributed by atoms with van der Waals surface area (Å²) in [5.74, 6) is 4.94. The highest BCUT2D eigenvalue weighted by molar-refractivity contribution is 7.79. The van der Waals surface area contributed by atoms with Crippen molar-refractivity contribution in [1.29, 1.82) is 0 Å². The Morgan fingerprint density at radius 3 is 1.16 bits per heavy atom. The van der Waals surface area contributed by atoms with Crippen molar-refractivity contribution in [3.8, 4) is 24.7 Å². The van der Waals surface area contributed by atoms with Gasteiger partial charge in [-0.15, -0.1) is 12.8 Å². The third-order valence-electron chi connectivity index (χ3n) is 2.13. The Morgan fingerprint density at radius 1 is 1.00 bits per heavy atom. The summed E-state index contributed by atoms with van der Waals surface area (Å²) in [6.07, 6.45) is 11.8. The van der Waals surface area contributed by atoms with E-state index < -0.39 is 10.4 Å². The average Bonchev–Trinajstić information content (AvgIpc) is 2.28. The molecule has 0 rings (SSSR count). The van der Waals surface area contributed by atoms with E-state index in [9.17, 15) is 0 Å². The van der Waals surface area contributed by atoms with Crippen LogP contribution in [0.25, 0.3) is 0 Å². The van der Waals surface area contributed by atoms with Gasteiger partial charge in [-0.1, -0.05) is 25.7 Å². The zero-order valence-electron chi connectivity index (χ0n) is 11.8. The molecule has 19 heavy (non-hydrogen) atoms. The first-order valence-corrected chi connectivity index (χ1v) is 6.87. The summed E-state index contributed by atoms with van der Waals surface area (Å²) in [7, 11) is -4.67. The van der Waals surface area contributed by atoms with Crippen molar-refractivity contribution in [2.45, 2.75) is 51.6 Å². The van der Waals surface area contributed by atoms with E-state index >= 15 is 0 Å². The van der Waals surface area contributed by atoms with Crippen LogP contribution in [0.5, 0.6) is 0 Å². The molecule has 0 aromatic carbocycles. The molecule has 0 saturated carbocycles. The largest absolute Gasteiger partial charge is 0.394 e. The van der Waals surface area contributed by atoms with E-state index in [1.165, 1.54) is 0 Å². The van der Waals surface area contributed by atoms with Gasteiger partial charge in [0.15, 0.2) is 0 Å². The van der Waals surface area contributed by atoms with Gasteiger partial charge in [0.1, 0.15) is 0 Å². The Hall–Kier alpha value is -1.09. The molecule has 0 fully saturated rings. The number of rotatable bonds is 2. The Kier molecular flexibility index (Phi) is 11.9. The highest BCUT2D eigenvalue weighted by Crippen LogP contribution is 2.00. The van der Waals surface area contributed by atoms with Crippen molar-refractivity contribution in [3.63, 3.8) is 0 Å². The van der Waals surface area contributed by atoms with Crippen LogP contribution in [0.2, 0.25) is 0 Å². The third kappa shape index (κ3) is 31.6. The van der Waals surface area contributed by atoms with E-state index in [-0.39, 0.29) is 11.1 Å². The quantitative estimate of drug-likeness (QED) is 0.441. The van der Waals surface area contributed by atoms with E-state index in [1.807, 2.05) is 27.7 Å². The smallest absolute Gasteiger partial charge is 0.315 e. The predicted molar refractivity (Wildman–Crippen MR) is 77.6 cm³/mol. The lowest BCUT2D eigenvalue weighted by molar-refractivity contribution is 0.381. The summed E-state index contributed by atoms with van der Waals surface area (Å²) < 4.78 is 31.6. The van der Waals surface area contributed by atoms with E-state index in [4.69, 9.17) is 41.8 Å². The number of terminal acetylenes is 2. The molecular formula is C12H24N2O4S. The first-order chi connectivity index (χ1) is 8.24. The summed E-state index contributed by atoms with van der Waals surface area (Å²) in [6.45, 7) is 7.62. The van der Waals surface area contributed by atoms with Crippen molar-refractivity contribution in [2.24, 2.45) is 11.5 Å². The molecule has 6 nitrogen and oxygen atoms in total. The van der Waals surface area contributed by atoms with E-state index in [0.717, 1.165) is 12.8 Å². The van der Waals surface area contributed by atoms with Gasteiger partial charge in [-0.25, -0.2) is 0 Å². The normalized spacial score (nSPS) is 15.9. The molecule has 0 saturated heterocycles. The zero-order valence-corrected chi connectivity index (χ0v) is 12.7. The maximum absolute atomic E-state index is 8.74. The fraction of sp³-hybridized carbons (Fsp3) is 0.667. The first-order valence-electron chi connectivity index (χ1n) is 5.47. The summed E-state index contributed by atoms with van der Waals surface area (Å²) in [5.41, 5.74) is 10.2. The molecule has 0 aliphatic carbocycles. The molecule has 0 aromatic heterocycles. The van der Waals surface area contributed by atoms with Crippen molar-refractivity contribution in [1.82, 2.24) is 0 Å². The van der Waals surface area contributed by atoms with E-state index in [2.05, 4.69) is 11.8 Å². The predicted octanol–water partition coefficient (Wildman–Crippen LogP) is 0.841. The van der Waals surface area contributed by atoms with Crippen molar-refractivity contribution >= 4 is 10.4 Å². The second kappa shape index (κ2) is 9.79. The topological polar surface area (TPSA) is 127 Å². The van der Waals surface area contributed by atoms with Crippen molar-refractivity contribution in [2.75, 3.05) is 0 Å². The summed E-state index contributed by atoms with van der Waals surface area (Å²) >= 11 is 0. The molecule has 0 heterocycles. The highest BCUT2D eigenvalue weighted by atomic mass is 32.3. The molecule has 0 spiro atoms. The third-order valence-corrected chi connectivity index (χ3v) is 2.13. The Labute approximate surface area is 116 Å². The van der Waals surface area contributed by atoms with E-state index in [1.54, 1.807) is 0 Å². The van der Waals surface area contributed by atoms with Gasteiger partial charge in [-0.3, -0.25) is 9.11 Å². The minimum Gasteiger partial charge on any atom is -0.315 e. The number of hydrogen-bond donors (Lipinski definition) is 4. The van der Waals surface area contributed by atoms with Gasteiger partial charge in [-0.05, 0) is 26.7 Å². The number of nitrogens with two attached hydrogens (primary N) is 2. The van der Waals surface area contributed by atoms with Crippen LogP contribution in [0.3, 0.4) is 0 Å². The molecule has 0 amide bonds. The maximum Gasteiger partial charge on any atom is 0.394 e. The highest BCUT2D eigenvalue weighted by Gasteiger charge is 2.08. The molecule has 0 aromatic rings. The Balaban J connectivity index is -0.000000206. The first kappa shape index (κ1) is 23.0. The van der Waals surface area contributed by atoms with Gasteiger partial charge in [0.2, 0.25) is 0 Å². The molecular weight excluding hydrogens is 268 g/mol. The van der Waals surface area contributed by atoms with Crippen molar-refractivity contribution < 1.29 is 17.5 Å². The molecule has 6 N–H and O–H groups in total. The van der Waals surface area contributed by atoms with Gasteiger partial charge < -0.3 is 11.5 Å². The molecule has 2 unspecified atom stereocenters. The van der Waals surface area contributed by atoms with Gasteiger partial charge in [0.05, 0.1) is 11.1 Å². The SMILES string of the molecule is C#CC(C)(N)CC.C#CC(C)(N)CC.O=S(=O)(O)O. The second-order valence-electron chi connectivity index (χ2n) is 4.28. The number of hydrogen-bond acceptors (Lipinski definition) is 4. The van der Waals surface area contributed by atoms with Gasteiger partial charge in [0, 0.05) is 0 Å².